The lowest BCUT2D eigenvalue weighted by molar-refractivity contribution is 0.543. The lowest BCUT2D eigenvalue weighted by Crippen LogP contribution is -2.26. The second-order valence-electron chi connectivity index (χ2n) is 4.43. The molecule has 0 bridgehead atoms. The van der Waals surface area contributed by atoms with Crippen LogP contribution in [0.15, 0.2) is 47.4 Å². The topological polar surface area (TPSA) is 26.0 Å². The van der Waals surface area contributed by atoms with Crippen LogP contribution in [0.2, 0.25) is 0 Å². The van der Waals surface area contributed by atoms with Gasteiger partial charge in [0, 0.05) is 22.3 Å². The fourth-order valence-electron chi connectivity index (χ4n) is 1.78. The molecule has 0 amide bonds. The summed E-state index contributed by atoms with van der Waals surface area (Å²) in [5.41, 5.74) is 5.91. The molecule has 0 aliphatic carbocycles. The summed E-state index contributed by atoms with van der Waals surface area (Å²) < 4.78 is 39.7. The summed E-state index contributed by atoms with van der Waals surface area (Å²) in [6.45, 7) is 0. The maximum atomic E-state index is 13.5. The van der Waals surface area contributed by atoms with Gasteiger partial charge >= 0.3 is 0 Å². The zero-order valence-electron chi connectivity index (χ0n) is 10.7. The molecule has 1 atom stereocenters. The molecular weight excluding hydrogens is 283 g/mol. The molecule has 2 N–H and O–H groups in total. The number of hydrogen-bond donors (Lipinski definition) is 1. The Bertz CT molecular complexity index is 552. The summed E-state index contributed by atoms with van der Waals surface area (Å²) in [5.74, 6) is -0.953. The van der Waals surface area contributed by atoms with E-state index in [4.69, 9.17) is 5.73 Å². The number of benzene rings is 2. The summed E-state index contributed by atoms with van der Waals surface area (Å²) in [6, 6.07) is 9.42. The smallest absolute Gasteiger partial charge is 0.129 e. The monoisotopic (exact) mass is 297 g/mol. The average Bonchev–Trinajstić information content (AvgIpc) is 2.42. The Morgan fingerprint density at radius 2 is 1.55 bits per heavy atom. The van der Waals surface area contributed by atoms with Crippen LogP contribution in [-0.2, 0) is 6.42 Å². The summed E-state index contributed by atoms with van der Waals surface area (Å²) in [6.07, 6.45) is 0.132. The molecule has 0 spiro atoms. The fourth-order valence-corrected chi connectivity index (χ4v) is 2.64. The van der Waals surface area contributed by atoms with E-state index >= 15 is 0 Å². The van der Waals surface area contributed by atoms with Crippen molar-refractivity contribution >= 4 is 11.8 Å². The molecule has 2 aromatic rings. The predicted molar refractivity (Wildman–Crippen MR) is 75.2 cm³/mol. The largest absolute Gasteiger partial charge is 0.327 e. The Morgan fingerprint density at radius 3 is 2.15 bits per heavy atom. The minimum atomic E-state index is -0.577. The minimum Gasteiger partial charge on any atom is -0.327 e. The Labute approximate surface area is 120 Å². The summed E-state index contributed by atoms with van der Waals surface area (Å²) in [4.78, 5) is 0.871. The number of nitrogens with two attached hydrogens (primary N) is 1. The van der Waals surface area contributed by atoms with Crippen LogP contribution < -0.4 is 5.73 Å². The van der Waals surface area contributed by atoms with E-state index in [9.17, 15) is 13.2 Å². The molecule has 0 saturated heterocycles. The molecule has 0 aromatic heterocycles. The standard InChI is InChI=1S/C15H14F3NS/c16-10-4-6-12(7-5-10)20-9-11(19)8-13-14(17)2-1-3-15(13)18/h1-7,11H,8-9,19H2. The van der Waals surface area contributed by atoms with E-state index < -0.39 is 11.6 Å². The zero-order chi connectivity index (χ0) is 14.5. The molecular formula is C15H14F3NS. The molecule has 1 unspecified atom stereocenters. The third-order valence-corrected chi connectivity index (χ3v) is 4.01. The first kappa shape index (κ1) is 14.9. The van der Waals surface area contributed by atoms with Crippen LogP contribution in [0.3, 0.4) is 0 Å². The predicted octanol–water partition coefficient (Wildman–Crippen LogP) is 3.77. The highest BCUT2D eigenvalue weighted by Gasteiger charge is 2.13. The first-order valence-electron chi connectivity index (χ1n) is 6.13. The van der Waals surface area contributed by atoms with E-state index in [1.165, 1.54) is 42.1 Å². The molecule has 2 aromatic carbocycles. The molecule has 0 radical (unpaired) electrons. The zero-order valence-corrected chi connectivity index (χ0v) is 11.5. The van der Waals surface area contributed by atoms with E-state index in [2.05, 4.69) is 0 Å². The van der Waals surface area contributed by atoms with Crippen LogP contribution in [0.4, 0.5) is 13.2 Å². The number of hydrogen-bond acceptors (Lipinski definition) is 2. The maximum absolute atomic E-state index is 13.5. The van der Waals surface area contributed by atoms with Gasteiger partial charge in [0.05, 0.1) is 0 Å². The fraction of sp³-hybridized carbons (Fsp3) is 0.200. The highest BCUT2D eigenvalue weighted by atomic mass is 32.2. The Kier molecular flexibility index (Phi) is 5.09. The van der Waals surface area contributed by atoms with Gasteiger partial charge in [0.1, 0.15) is 17.5 Å². The van der Waals surface area contributed by atoms with E-state index in [0.717, 1.165) is 4.90 Å². The normalized spacial score (nSPS) is 12.4. The van der Waals surface area contributed by atoms with E-state index in [1.54, 1.807) is 12.1 Å². The van der Waals surface area contributed by atoms with Gasteiger partial charge in [-0.3, -0.25) is 0 Å². The van der Waals surface area contributed by atoms with Gasteiger partial charge < -0.3 is 5.73 Å². The van der Waals surface area contributed by atoms with Gasteiger partial charge in [-0.15, -0.1) is 11.8 Å². The molecule has 1 nitrogen and oxygen atoms in total. The first-order chi connectivity index (χ1) is 9.56. The van der Waals surface area contributed by atoms with Crippen LogP contribution >= 0.6 is 11.8 Å². The quantitative estimate of drug-likeness (QED) is 0.850. The van der Waals surface area contributed by atoms with Crippen LogP contribution in [-0.4, -0.2) is 11.8 Å². The van der Waals surface area contributed by atoms with Crippen molar-refractivity contribution in [1.29, 1.82) is 0 Å². The van der Waals surface area contributed by atoms with Gasteiger partial charge in [0.2, 0.25) is 0 Å². The van der Waals surface area contributed by atoms with Crippen molar-refractivity contribution in [3.63, 3.8) is 0 Å². The minimum absolute atomic E-state index is 0.0136. The SMILES string of the molecule is NC(CSc1ccc(F)cc1)Cc1c(F)cccc1F. The van der Waals surface area contributed by atoms with Gasteiger partial charge in [0.25, 0.3) is 0 Å². The van der Waals surface area contributed by atoms with Gasteiger partial charge in [-0.2, -0.15) is 0 Å². The van der Waals surface area contributed by atoms with Crippen LogP contribution in [0, 0.1) is 17.5 Å². The molecule has 0 fully saturated rings. The van der Waals surface area contributed by atoms with E-state index in [-0.39, 0.29) is 23.8 Å². The highest BCUT2D eigenvalue weighted by molar-refractivity contribution is 7.99. The van der Waals surface area contributed by atoms with Gasteiger partial charge in [-0.1, -0.05) is 6.07 Å². The van der Waals surface area contributed by atoms with Gasteiger partial charge in [-0.25, -0.2) is 13.2 Å². The van der Waals surface area contributed by atoms with Crippen molar-refractivity contribution in [3.8, 4) is 0 Å². The first-order valence-corrected chi connectivity index (χ1v) is 7.11. The molecule has 0 heterocycles. The highest BCUT2D eigenvalue weighted by Crippen LogP contribution is 2.21. The average molecular weight is 297 g/mol. The number of thioether (sulfide) groups is 1. The molecule has 0 aliphatic heterocycles. The molecule has 0 saturated carbocycles. The Balaban J connectivity index is 1.92. The molecule has 106 valence electrons. The molecule has 2 rings (SSSR count). The lowest BCUT2D eigenvalue weighted by atomic mass is 10.1. The van der Waals surface area contributed by atoms with E-state index in [0.29, 0.717) is 5.75 Å². The summed E-state index contributed by atoms with van der Waals surface area (Å²) in [7, 11) is 0. The van der Waals surface area contributed by atoms with Gasteiger partial charge in [0.15, 0.2) is 0 Å². The van der Waals surface area contributed by atoms with Crippen LogP contribution in [0.1, 0.15) is 5.56 Å². The van der Waals surface area contributed by atoms with Crippen molar-refractivity contribution < 1.29 is 13.2 Å². The Hall–Kier alpha value is -1.46. The van der Waals surface area contributed by atoms with Crippen molar-refractivity contribution in [3.05, 3.63) is 65.5 Å². The molecule has 5 heteroatoms. The van der Waals surface area contributed by atoms with Crippen molar-refractivity contribution in [2.24, 2.45) is 5.73 Å². The van der Waals surface area contributed by atoms with Crippen LogP contribution in [0.5, 0.6) is 0 Å². The molecule has 0 aliphatic rings. The lowest BCUT2D eigenvalue weighted by Gasteiger charge is -2.12. The van der Waals surface area contributed by atoms with Crippen molar-refractivity contribution in [2.75, 3.05) is 5.75 Å². The summed E-state index contributed by atoms with van der Waals surface area (Å²) >= 11 is 1.43. The Morgan fingerprint density at radius 1 is 0.950 bits per heavy atom. The van der Waals surface area contributed by atoms with E-state index in [1.807, 2.05) is 0 Å². The van der Waals surface area contributed by atoms with Crippen molar-refractivity contribution in [1.82, 2.24) is 0 Å². The third-order valence-electron chi connectivity index (χ3n) is 2.81. The number of rotatable bonds is 5. The third kappa shape index (κ3) is 4.02. The van der Waals surface area contributed by atoms with Gasteiger partial charge in [-0.05, 0) is 42.8 Å². The van der Waals surface area contributed by atoms with Crippen LogP contribution in [0.25, 0.3) is 0 Å². The maximum Gasteiger partial charge on any atom is 0.129 e. The second kappa shape index (κ2) is 6.81. The second-order valence-corrected chi connectivity index (χ2v) is 5.52. The number of halogens is 3. The van der Waals surface area contributed by atoms with Crippen molar-refractivity contribution in [2.45, 2.75) is 17.4 Å². The summed E-state index contributed by atoms with van der Waals surface area (Å²) in [5, 5.41) is 0. The molecule has 20 heavy (non-hydrogen) atoms.